The lowest BCUT2D eigenvalue weighted by atomic mass is 9.99. The largest absolute Gasteiger partial charge is 0.476 e. The third-order valence-corrected chi connectivity index (χ3v) is 4.17. The molecule has 2 aromatic heterocycles. The summed E-state index contributed by atoms with van der Waals surface area (Å²) in [5.41, 5.74) is 1.74. The summed E-state index contributed by atoms with van der Waals surface area (Å²) in [6.07, 6.45) is 0.547. The summed E-state index contributed by atoms with van der Waals surface area (Å²) in [5.74, 6) is -0.702. The first-order chi connectivity index (χ1) is 10.4. The molecule has 2 aromatic rings. The van der Waals surface area contributed by atoms with E-state index in [-0.39, 0.29) is 24.1 Å². The molecule has 0 aromatic carbocycles. The fourth-order valence-corrected chi connectivity index (χ4v) is 2.73. The minimum atomic E-state index is -1.07. The van der Waals surface area contributed by atoms with Crippen LogP contribution in [0.25, 0.3) is 0 Å². The van der Waals surface area contributed by atoms with Gasteiger partial charge in [0.2, 0.25) is 5.91 Å². The molecule has 0 saturated heterocycles. The molecular formula is C14H17N3O4S. The Bertz CT molecular complexity index is 673. The van der Waals surface area contributed by atoms with Gasteiger partial charge in [-0.2, -0.15) is 0 Å². The molecule has 0 bridgehead atoms. The second-order valence-corrected chi connectivity index (χ2v) is 6.00. The zero-order valence-electron chi connectivity index (χ0n) is 12.5. The number of hydrogen-bond acceptors (Lipinski definition) is 6. The molecule has 0 spiro atoms. The second kappa shape index (κ2) is 6.69. The Morgan fingerprint density at radius 1 is 1.45 bits per heavy atom. The van der Waals surface area contributed by atoms with Gasteiger partial charge in [0, 0.05) is 16.9 Å². The van der Waals surface area contributed by atoms with Crippen LogP contribution in [0.5, 0.6) is 0 Å². The van der Waals surface area contributed by atoms with Gasteiger partial charge in [-0.1, -0.05) is 12.1 Å². The Morgan fingerprint density at radius 2 is 2.18 bits per heavy atom. The number of aromatic carboxylic acids is 1. The van der Waals surface area contributed by atoms with Crippen molar-refractivity contribution in [3.63, 3.8) is 0 Å². The van der Waals surface area contributed by atoms with Gasteiger partial charge in [-0.05, 0) is 20.3 Å². The van der Waals surface area contributed by atoms with Crippen LogP contribution < -0.4 is 5.32 Å². The van der Waals surface area contributed by atoms with Gasteiger partial charge < -0.3 is 14.9 Å². The average molecular weight is 323 g/mol. The van der Waals surface area contributed by atoms with Crippen molar-refractivity contribution >= 4 is 23.2 Å². The number of nitrogens with zero attached hydrogens (tertiary/aromatic N) is 2. The highest BCUT2D eigenvalue weighted by Gasteiger charge is 2.19. The van der Waals surface area contributed by atoms with Crippen molar-refractivity contribution in [3.05, 3.63) is 33.1 Å². The molecule has 8 heteroatoms. The fraction of sp³-hybridized carbons (Fsp3) is 0.429. The summed E-state index contributed by atoms with van der Waals surface area (Å²) in [6.45, 7) is 5.72. The van der Waals surface area contributed by atoms with Crippen LogP contribution in [-0.4, -0.2) is 27.1 Å². The number of nitrogens with one attached hydrogen (secondary N) is 1. The number of aromatic nitrogens is 2. The molecule has 0 radical (unpaired) electrons. The molecule has 2 rings (SSSR count). The van der Waals surface area contributed by atoms with E-state index in [0.717, 1.165) is 17.0 Å². The summed E-state index contributed by atoms with van der Waals surface area (Å²) >= 11 is 1.21. The van der Waals surface area contributed by atoms with Gasteiger partial charge in [-0.3, -0.25) is 4.79 Å². The minimum absolute atomic E-state index is 0.00183. The number of amides is 1. The first-order valence-electron chi connectivity index (χ1n) is 6.75. The third-order valence-electron chi connectivity index (χ3n) is 3.32. The highest BCUT2D eigenvalue weighted by Crippen LogP contribution is 2.17. The number of carboxylic acid groups (broad SMARTS) is 1. The van der Waals surface area contributed by atoms with E-state index >= 15 is 0 Å². The van der Waals surface area contributed by atoms with Gasteiger partial charge in [0.05, 0.1) is 12.2 Å². The maximum atomic E-state index is 12.1. The maximum absolute atomic E-state index is 12.1. The summed E-state index contributed by atoms with van der Waals surface area (Å²) in [7, 11) is 0. The summed E-state index contributed by atoms with van der Waals surface area (Å²) in [4.78, 5) is 26.8. The van der Waals surface area contributed by atoms with E-state index in [4.69, 9.17) is 9.63 Å². The van der Waals surface area contributed by atoms with Crippen molar-refractivity contribution in [3.8, 4) is 0 Å². The van der Waals surface area contributed by atoms with Gasteiger partial charge in [0.15, 0.2) is 5.69 Å². The lowest BCUT2D eigenvalue weighted by Crippen LogP contribution is -2.30. The molecule has 1 amide bonds. The molecule has 0 aliphatic heterocycles. The number of carbonyl (C=O) groups excluding carboxylic acids is 1. The fourth-order valence-electron chi connectivity index (χ4n) is 2.02. The molecule has 0 fully saturated rings. The zero-order chi connectivity index (χ0) is 16.3. The Morgan fingerprint density at radius 3 is 2.73 bits per heavy atom. The summed E-state index contributed by atoms with van der Waals surface area (Å²) in [5, 5.41) is 17.5. The second-order valence-electron chi connectivity index (χ2n) is 5.06. The van der Waals surface area contributed by atoms with E-state index in [2.05, 4.69) is 15.5 Å². The van der Waals surface area contributed by atoms with Crippen LogP contribution in [0.4, 0.5) is 0 Å². The number of aryl methyl sites for hydroxylation is 2. The van der Waals surface area contributed by atoms with E-state index in [0.29, 0.717) is 11.4 Å². The van der Waals surface area contributed by atoms with E-state index in [1.807, 2.05) is 20.8 Å². The normalized spacial score (nSPS) is 12.1. The van der Waals surface area contributed by atoms with E-state index in [9.17, 15) is 9.59 Å². The van der Waals surface area contributed by atoms with Crippen LogP contribution in [-0.2, 0) is 17.8 Å². The standard InChI is InChI=1S/C14H17N3O4S/c1-7(4-10-8(2)17-21-9(10)3)13(18)15-5-12-16-11(6-22-12)14(19)20/h6-7H,4-5H2,1-3H3,(H,15,18)(H,19,20)/t7-/m1/s1. The molecule has 0 aliphatic rings. The van der Waals surface area contributed by atoms with E-state index in [1.165, 1.54) is 16.7 Å². The molecule has 1 atom stereocenters. The molecule has 0 saturated carbocycles. The molecule has 2 heterocycles. The number of hydrogen-bond donors (Lipinski definition) is 2. The Kier molecular flexibility index (Phi) is 4.92. The molecule has 0 aliphatic carbocycles. The van der Waals surface area contributed by atoms with Gasteiger partial charge in [-0.25, -0.2) is 9.78 Å². The van der Waals surface area contributed by atoms with Crippen molar-refractivity contribution < 1.29 is 19.2 Å². The SMILES string of the molecule is Cc1noc(C)c1C[C@@H](C)C(=O)NCc1nc(C(=O)O)cs1. The number of carbonyl (C=O) groups is 2. The van der Waals surface area contributed by atoms with Crippen molar-refractivity contribution in [2.45, 2.75) is 33.7 Å². The van der Waals surface area contributed by atoms with Crippen molar-refractivity contribution in [2.75, 3.05) is 0 Å². The van der Waals surface area contributed by atoms with Crippen LogP contribution >= 0.6 is 11.3 Å². The summed E-state index contributed by atoms with van der Waals surface area (Å²) in [6, 6.07) is 0. The molecule has 2 N–H and O–H groups in total. The first kappa shape index (κ1) is 16.2. The highest BCUT2D eigenvalue weighted by atomic mass is 32.1. The van der Waals surface area contributed by atoms with Crippen LogP contribution in [0.1, 0.15) is 39.4 Å². The lowest BCUT2D eigenvalue weighted by molar-refractivity contribution is -0.124. The summed E-state index contributed by atoms with van der Waals surface area (Å²) < 4.78 is 5.08. The molecule has 0 unspecified atom stereocenters. The first-order valence-corrected chi connectivity index (χ1v) is 7.63. The van der Waals surface area contributed by atoms with Crippen LogP contribution in [0.2, 0.25) is 0 Å². The topological polar surface area (TPSA) is 105 Å². The smallest absolute Gasteiger partial charge is 0.355 e. The Labute approximate surface area is 131 Å². The predicted molar refractivity (Wildman–Crippen MR) is 79.8 cm³/mol. The molecule has 22 heavy (non-hydrogen) atoms. The van der Waals surface area contributed by atoms with Crippen LogP contribution in [0, 0.1) is 19.8 Å². The van der Waals surface area contributed by atoms with Crippen molar-refractivity contribution in [2.24, 2.45) is 5.92 Å². The third kappa shape index (κ3) is 3.70. The number of rotatable bonds is 6. The Balaban J connectivity index is 1.90. The van der Waals surface area contributed by atoms with E-state index in [1.54, 1.807) is 0 Å². The maximum Gasteiger partial charge on any atom is 0.355 e. The van der Waals surface area contributed by atoms with Gasteiger partial charge in [0.1, 0.15) is 10.8 Å². The van der Waals surface area contributed by atoms with Crippen molar-refractivity contribution in [1.82, 2.24) is 15.5 Å². The van der Waals surface area contributed by atoms with Gasteiger partial charge in [0.25, 0.3) is 0 Å². The molecular weight excluding hydrogens is 306 g/mol. The average Bonchev–Trinajstić information content (AvgIpc) is 3.06. The monoisotopic (exact) mass is 323 g/mol. The number of carboxylic acids is 1. The Hall–Kier alpha value is -2.22. The molecule has 118 valence electrons. The van der Waals surface area contributed by atoms with Gasteiger partial charge in [-0.15, -0.1) is 11.3 Å². The van der Waals surface area contributed by atoms with Crippen LogP contribution in [0.3, 0.4) is 0 Å². The molecule has 7 nitrogen and oxygen atoms in total. The quantitative estimate of drug-likeness (QED) is 0.841. The van der Waals surface area contributed by atoms with Crippen LogP contribution in [0.15, 0.2) is 9.90 Å². The minimum Gasteiger partial charge on any atom is -0.476 e. The predicted octanol–water partition coefficient (Wildman–Crippen LogP) is 1.94. The van der Waals surface area contributed by atoms with E-state index < -0.39 is 5.97 Å². The van der Waals surface area contributed by atoms with Crippen molar-refractivity contribution in [1.29, 1.82) is 0 Å². The highest BCUT2D eigenvalue weighted by molar-refractivity contribution is 7.09. The number of thiazole rings is 1. The van der Waals surface area contributed by atoms with Gasteiger partial charge >= 0.3 is 5.97 Å². The zero-order valence-corrected chi connectivity index (χ0v) is 13.4. The lowest BCUT2D eigenvalue weighted by Gasteiger charge is -2.11.